The van der Waals surface area contributed by atoms with Crippen LogP contribution in [0, 0.1) is 5.41 Å². The molecule has 4 N–H and O–H groups in total. The SMILES string of the molecule is CCOC(=O)CN(C(=O)Oc1ccc2sc(CNc3ccc(C(=N)N)cc3)nc2c1)c1ccccc1.Cl. The van der Waals surface area contributed by atoms with E-state index in [4.69, 9.17) is 20.6 Å². The molecule has 0 radical (unpaired) electrons. The molecule has 0 aliphatic heterocycles. The molecule has 37 heavy (non-hydrogen) atoms. The number of amidine groups is 1. The lowest BCUT2D eigenvalue weighted by Crippen LogP contribution is -2.38. The van der Waals surface area contributed by atoms with Gasteiger partial charge in [0.2, 0.25) is 0 Å². The molecule has 0 atom stereocenters. The molecule has 1 heterocycles. The summed E-state index contributed by atoms with van der Waals surface area (Å²) >= 11 is 1.53. The number of para-hydroxylation sites is 1. The summed E-state index contributed by atoms with van der Waals surface area (Å²) in [5.74, 6) is -0.180. The Morgan fingerprint density at radius 3 is 2.49 bits per heavy atom. The number of halogens is 1. The number of benzene rings is 3. The number of esters is 1. The van der Waals surface area contributed by atoms with Gasteiger partial charge in [0.1, 0.15) is 23.1 Å². The minimum absolute atomic E-state index is 0. The first-order valence-electron chi connectivity index (χ1n) is 11.2. The summed E-state index contributed by atoms with van der Waals surface area (Å²) in [6.45, 7) is 2.17. The van der Waals surface area contributed by atoms with Gasteiger partial charge < -0.3 is 20.5 Å². The first kappa shape index (κ1) is 27.4. The van der Waals surface area contributed by atoms with Gasteiger partial charge >= 0.3 is 12.1 Å². The smallest absolute Gasteiger partial charge is 0.420 e. The summed E-state index contributed by atoms with van der Waals surface area (Å²) in [6.07, 6.45) is -0.695. The zero-order valence-corrected chi connectivity index (χ0v) is 21.6. The van der Waals surface area contributed by atoms with Crippen LogP contribution >= 0.6 is 23.7 Å². The number of hydrogen-bond donors (Lipinski definition) is 3. The predicted octanol–water partition coefficient (Wildman–Crippen LogP) is 5.18. The lowest BCUT2D eigenvalue weighted by Gasteiger charge is -2.21. The summed E-state index contributed by atoms with van der Waals surface area (Å²) in [4.78, 5) is 30.9. The van der Waals surface area contributed by atoms with E-state index in [1.54, 1.807) is 55.5 Å². The van der Waals surface area contributed by atoms with Gasteiger partial charge in [0, 0.05) is 23.0 Å². The number of amides is 1. The van der Waals surface area contributed by atoms with Crippen LogP contribution in [0.4, 0.5) is 16.2 Å². The average molecular weight is 540 g/mol. The summed E-state index contributed by atoms with van der Waals surface area (Å²) in [7, 11) is 0. The van der Waals surface area contributed by atoms with Crippen LogP contribution in [0.15, 0.2) is 72.8 Å². The lowest BCUT2D eigenvalue weighted by atomic mass is 10.2. The van der Waals surface area contributed by atoms with Gasteiger partial charge in [-0.25, -0.2) is 9.78 Å². The van der Waals surface area contributed by atoms with Crippen LogP contribution < -0.4 is 20.7 Å². The molecule has 0 spiro atoms. The van der Waals surface area contributed by atoms with Crippen molar-refractivity contribution in [2.75, 3.05) is 23.4 Å². The summed E-state index contributed by atoms with van der Waals surface area (Å²) in [6, 6.07) is 21.3. The molecule has 0 fully saturated rings. The number of fused-ring (bicyclic) bond motifs is 1. The number of nitrogens with two attached hydrogens (primary N) is 1. The van der Waals surface area contributed by atoms with Gasteiger partial charge in [-0.1, -0.05) is 18.2 Å². The first-order chi connectivity index (χ1) is 17.4. The van der Waals surface area contributed by atoms with E-state index in [1.807, 2.05) is 24.3 Å². The topological polar surface area (TPSA) is 131 Å². The van der Waals surface area contributed by atoms with E-state index in [0.717, 1.165) is 15.4 Å². The third-order valence-electron chi connectivity index (χ3n) is 5.13. The number of rotatable bonds is 9. The molecular weight excluding hydrogens is 514 g/mol. The molecule has 0 saturated carbocycles. The third kappa shape index (κ3) is 7.18. The maximum atomic E-state index is 13.0. The van der Waals surface area contributed by atoms with E-state index in [9.17, 15) is 9.59 Å². The van der Waals surface area contributed by atoms with Crippen molar-refractivity contribution in [3.8, 4) is 5.75 Å². The number of carbonyl (C=O) groups is 2. The second-order valence-corrected chi connectivity index (χ2v) is 8.79. The Bertz CT molecular complexity index is 1380. The number of aromatic nitrogens is 1. The van der Waals surface area contributed by atoms with Crippen LogP contribution in [-0.4, -0.2) is 36.0 Å². The number of nitrogens with one attached hydrogen (secondary N) is 2. The van der Waals surface area contributed by atoms with Gasteiger partial charge in [0.05, 0.1) is 23.4 Å². The van der Waals surface area contributed by atoms with Gasteiger partial charge in [-0.05, 0) is 55.5 Å². The number of ether oxygens (including phenoxy) is 2. The molecule has 1 amide bonds. The fourth-order valence-electron chi connectivity index (χ4n) is 3.40. The quantitative estimate of drug-likeness (QED) is 0.152. The number of hydrogen-bond acceptors (Lipinski definition) is 8. The Morgan fingerprint density at radius 1 is 1.08 bits per heavy atom. The second-order valence-electron chi connectivity index (χ2n) is 7.68. The maximum absolute atomic E-state index is 13.0. The molecule has 0 aliphatic rings. The number of nitrogen functional groups attached to an aromatic ring is 1. The molecule has 0 aliphatic carbocycles. The van der Waals surface area contributed by atoms with Crippen molar-refractivity contribution in [2.45, 2.75) is 13.5 Å². The minimum Gasteiger partial charge on any atom is -0.465 e. The fraction of sp³-hybridized carbons (Fsp3) is 0.154. The van der Waals surface area contributed by atoms with Gasteiger partial charge in [-0.3, -0.25) is 15.1 Å². The number of nitrogens with zero attached hydrogens (tertiary/aromatic N) is 2. The number of anilines is 2. The van der Waals surface area contributed by atoms with Crippen molar-refractivity contribution in [2.24, 2.45) is 5.73 Å². The van der Waals surface area contributed by atoms with Gasteiger partial charge in [0.25, 0.3) is 0 Å². The highest BCUT2D eigenvalue weighted by Crippen LogP contribution is 2.27. The maximum Gasteiger partial charge on any atom is 0.420 e. The Kier molecular flexibility index (Phi) is 9.42. The summed E-state index contributed by atoms with van der Waals surface area (Å²) in [5, 5.41) is 11.6. The summed E-state index contributed by atoms with van der Waals surface area (Å²) in [5.41, 5.74) is 8.26. The van der Waals surface area contributed by atoms with Crippen molar-refractivity contribution in [1.29, 1.82) is 5.41 Å². The van der Waals surface area contributed by atoms with Gasteiger partial charge in [-0.15, -0.1) is 23.7 Å². The third-order valence-corrected chi connectivity index (χ3v) is 6.17. The van der Waals surface area contributed by atoms with E-state index < -0.39 is 12.1 Å². The molecule has 0 saturated heterocycles. The highest BCUT2D eigenvalue weighted by Gasteiger charge is 2.22. The minimum atomic E-state index is -0.695. The average Bonchev–Trinajstić information content (AvgIpc) is 3.29. The van der Waals surface area contributed by atoms with Gasteiger partial charge in [0.15, 0.2) is 0 Å². The van der Waals surface area contributed by atoms with Crippen molar-refractivity contribution in [3.63, 3.8) is 0 Å². The number of thiazole rings is 1. The van der Waals surface area contributed by atoms with Crippen molar-refractivity contribution in [1.82, 2.24) is 4.98 Å². The monoisotopic (exact) mass is 539 g/mol. The zero-order valence-electron chi connectivity index (χ0n) is 20.0. The Labute approximate surface area is 224 Å². The largest absolute Gasteiger partial charge is 0.465 e. The molecule has 4 rings (SSSR count). The molecule has 1 aromatic heterocycles. The van der Waals surface area contributed by atoms with E-state index >= 15 is 0 Å². The Morgan fingerprint density at radius 2 is 1.81 bits per heavy atom. The van der Waals surface area contributed by atoms with Crippen molar-refractivity contribution < 1.29 is 19.1 Å². The molecule has 3 aromatic carbocycles. The number of carbonyl (C=O) groups excluding carboxylic acids is 2. The van der Waals surface area contributed by atoms with Crippen LogP contribution in [0.25, 0.3) is 10.2 Å². The molecular formula is C26H26ClN5O4S. The molecule has 0 bridgehead atoms. The molecule has 4 aromatic rings. The molecule has 11 heteroatoms. The molecule has 9 nitrogen and oxygen atoms in total. The van der Waals surface area contributed by atoms with Crippen LogP contribution in [0.2, 0.25) is 0 Å². The standard InChI is InChI=1S/C26H25N5O4S.ClH/c1-2-34-24(32)16-31(19-6-4-3-5-7-19)26(33)35-20-12-13-22-21(14-20)30-23(36-22)15-29-18-10-8-17(9-11-18)25(27)28;/h3-14,29H,2,15-16H2,1H3,(H3,27,28);1H. The van der Waals surface area contributed by atoms with Crippen molar-refractivity contribution >= 4 is 63.2 Å². The van der Waals surface area contributed by atoms with Crippen LogP contribution in [0.1, 0.15) is 17.5 Å². The Hall–Kier alpha value is -4.15. The highest BCUT2D eigenvalue weighted by atomic mass is 35.5. The first-order valence-corrected chi connectivity index (χ1v) is 12.0. The highest BCUT2D eigenvalue weighted by molar-refractivity contribution is 7.18. The molecule has 192 valence electrons. The fourth-order valence-corrected chi connectivity index (χ4v) is 4.29. The zero-order chi connectivity index (χ0) is 25.5. The van der Waals surface area contributed by atoms with Gasteiger partial charge in [-0.2, -0.15) is 0 Å². The molecule has 0 unspecified atom stereocenters. The Balaban J connectivity index is 0.00000380. The lowest BCUT2D eigenvalue weighted by molar-refractivity contribution is -0.141. The van der Waals surface area contributed by atoms with E-state index in [-0.39, 0.29) is 31.4 Å². The van der Waals surface area contributed by atoms with Crippen molar-refractivity contribution in [3.05, 3.63) is 83.4 Å². The van der Waals surface area contributed by atoms with Crippen LogP contribution in [0.3, 0.4) is 0 Å². The normalized spacial score (nSPS) is 10.3. The predicted molar refractivity (Wildman–Crippen MR) is 148 cm³/mol. The van der Waals surface area contributed by atoms with E-state index in [2.05, 4.69) is 10.3 Å². The van der Waals surface area contributed by atoms with E-state index in [1.165, 1.54) is 16.2 Å². The van der Waals surface area contributed by atoms with E-state index in [0.29, 0.717) is 29.1 Å². The summed E-state index contributed by atoms with van der Waals surface area (Å²) < 4.78 is 11.5. The second kappa shape index (κ2) is 12.7. The van der Waals surface area contributed by atoms with Crippen LogP contribution in [-0.2, 0) is 16.1 Å². The van der Waals surface area contributed by atoms with Crippen LogP contribution in [0.5, 0.6) is 5.75 Å².